The van der Waals surface area contributed by atoms with Crippen molar-refractivity contribution >= 4 is 25.4 Å². The molecule has 7 nitrogen and oxygen atoms in total. The number of hydrogen-bond acceptors (Lipinski definition) is 6. The molecule has 1 rings (SSSR count). The summed E-state index contributed by atoms with van der Waals surface area (Å²) in [4.78, 5) is 8.72. The number of halogens is 3. The quantitative estimate of drug-likeness (QED) is 0.469. The van der Waals surface area contributed by atoms with Crippen LogP contribution in [0.1, 0.15) is 0 Å². The zero-order valence-electron chi connectivity index (χ0n) is 9.17. The van der Waals surface area contributed by atoms with Crippen LogP contribution < -0.4 is 9.47 Å². The van der Waals surface area contributed by atoms with E-state index in [9.17, 15) is 27.3 Å². The number of nitrogens with zero attached hydrogens (tertiary/aromatic N) is 1. The van der Waals surface area contributed by atoms with Crippen LogP contribution in [-0.4, -0.2) is 27.1 Å². The third kappa shape index (κ3) is 3.41. The number of alkyl halides is 2. The van der Waals surface area contributed by atoms with E-state index in [0.717, 1.165) is 13.2 Å². The Morgan fingerprint density at radius 2 is 2.00 bits per heavy atom. The lowest BCUT2D eigenvalue weighted by Crippen LogP contribution is -2.08. The minimum Gasteiger partial charge on any atom is -0.489 e. The van der Waals surface area contributed by atoms with Crippen molar-refractivity contribution in [2.75, 3.05) is 7.11 Å². The molecule has 11 heteroatoms. The molecule has 0 spiro atoms. The molecular weight excluding hydrogens is 312 g/mol. The van der Waals surface area contributed by atoms with Crippen LogP contribution in [0.15, 0.2) is 17.0 Å². The molecule has 1 aromatic carbocycles. The lowest BCUT2D eigenvalue weighted by Gasteiger charge is -2.12. The molecule has 0 aliphatic heterocycles. The molecule has 0 saturated heterocycles. The number of rotatable bonds is 5. The molecule has 0 aliphatic carbocycles. The van der Waals surface area contributed by atoms with E-state index in [4.69, 9.17) is 10.7 Å². The zero-order valence-corrected chi connectivity index (χ0v) is 10.7. The Labute approximate surface area is 110 Å². The topological polar surface area (TPSA) is 95.7 Å². The molecule has 0 bridgehead atoms. The van der Waals surface area contributed by atoms with E-state index in [1.54, 1.807) is 0 Å². The van der Waals surface area contributed by atoms with Gasteiger partial charge in [-0.15, -0.1) is 0 Å². The van der Waals surface area contributed by atoms with E-state index in [-0.39, 0.29) is 0 Å². The third-order valence-corrected chi connectivity index (χ3v) is 3.25. The van der Waals surface area contributed by atoms with Crippen molar-refractivity contribution in [1.29, 1.82) is 0 Å². The Hall–Kier alpha value is -1.68. The second-order valence-electron chi connectivity index (χ2n) is 3.02. The number of nitro groups is 1. The van der Waals surface area contributed by atoms with Gasteiger partial charge in [0, 0.05) is 16.7 Å². The first-order valence-electron chi connectivity index (χ1n) is 4.43. The molecule has 0 radical (unpaired) electrons. The van der Waals surface area contributed by atoms with Crippen LogP contribution in [0.5, 0.6) is 11.5 Å². The Bertz CT molecular complexity index is 606. The van der Waals surface area contributed by atoms with E-state index < -0.39 is 42.7 Å². The summed E-state index contributed by atoms with van der Waals surface area (Å²) in [6.07, 6.45) is 0. The molecule has 0 aromatic heterocycles. The van der Waals surface area contributed by atoms with E-state index in [1.807, 2.05) is 0 Å². The predicted octanol–water partition coefficient (Wildman–Crippen LogP) is 2.13. The molecule has 0 fully saturated rings. The molecule has 1 aromatic rings. The molecular formula is C8H6ClF2NO6S. The summed E-state index contributed by atoms with van der Waals surface area (Å²) < 4.78 is 55.5. The molecule has 0 aliphatic rings. The van der Waals surface area contributed by atoms with Crippen LogP contribution in [0.25, 0.3) is 0 Å². The number of ether oxygens (including phenoxy) is 2. The summed E-state index contributed by atoms with van der Waals surface area (Å²) in [5.74, 6) is -1.62. The Morgan fingerprint density at radius 1 is 1.42 bits per heavy atom. The Kier molecular flexibility index (Phi) is 4.48. The van der Waals surface area contributed by atoms with Gasteiger partial charge in [0.05, 0.1) is 12.0 Å². The van der Waals surface area contributed by atoms with Gasteiger partial charge in [0.25, 0.3) is 9.05 Å². The van der Waals surface area contributed by atoms with Crippen molar-refractivity contribution < 1.29 is 31.6 Å². The van der Waals surface area contributed by atoms with E-state index in [0.29, 0.717) is 6.07 Å². The standard InChI is InChI=1S/C8H6ClF2NO6S/c1-17-6-4(12(13)14)2-3-5(18-8(10)11)7(6)19(9,15)16/h2-3,8H,1H3. The summed E-state index contributed by atoms with van der Waals surface area (Å²) in [5, 5.41) is 10.7. The van der Waals surface area contributed by atoms with Gasteiger partial charge in [-0.25, -0.2) is 8.42 Å². The van der Waals surface area contributed by atoms with Crippen LogP contribution in [0.3, 0.4) is 0 Å². The maximum Gasteiger partial charge on any atom is 0.387 e. The highest BCUT2D eigenvalue weighted by atomic mass is 35.7. The molecule has 0 amide bonds. The van der Waals surface area contributed by atoms with Gasteiger partial charge in [-0.05, 0) is 6.07 Å². The van der Waals surface area contributed by atoms with E-state index in [1.165, 1.54) is 0 Å². The number of benzene rings is 1. The number of nitro benzene ring substituents is 1. The lowest BCUT2D eigenvalue weighted by molar-refractivity contribution is -0.386. The molecule has 0 saturated carbocycles. The summed E-state index contributed by atoms with van der Waals surface area (Å²) in [5.41, 5.74) is -0.747. The average molecular weight is 318 g/mol. The molecule has 0 atom stereocenters. The summed E-state index contributed by atoms with van der Waals surface area (Å²) in [6.45, 7) is -3.33. The highest BCUT2D eigenvalue weighted by molar-refractivity contribution is 8.14. The van der Waals surface area contributed by atoms with Gasteiger partial charge in [0.2, 0.25) is 5.75 Å². The Balaban J connectivity index is 3.66. The van der Waals surface area contributed by atoms with Crippen LogP contribution in [0, 0.1) is 10.1 Å². The van der Waals surface area contributed by atoms with Crippen molar-refractivity contribution in [3.05, 3.63) is 22.2 Å². The Morgan fingerprint density at radius 3 is 2.37 bits per heavy atom. The second kappa shape index (κ2) is 5.53. The van der Waals surface area contributed by atoms with Crippen molar-refractivity contribution in [3.8, 4) is 11.5 Å². The van der Waals surface area contributed by atoms with Crippen molar-refractivity contribution in [2.45, 2.75) is 11.5 Å². The fourth-order valence-corrected chi connectivity index (χ4v) is 2.50. The van der Waals surface area contributed by atoms with Crippen LogP contribution in [-0.2, 0) is 9.05 Å². The van der Waals surface area contributed by atoms with Crippen LogP contribution in [0.4, 0.5) is 14.5 Å². The highest BCUT2D eigenvalue weighted by Crippen LogP contribution is 2.42. The number of methoxy groups -OCH3 is 1. The van der Waals surface area contributed by atoms with Gasteiger partial charge in [-0.3, -0.25) is 10.1 Å². The maximum absolute atomic E-state index is 12.1. The summed E-state index contributed by atoms with van der Waals surface area (Å²) in [6, 6.07) is 1.46. The largest absolute Gasteiger partial charge is 0.489 e. The fraction of sp³-hybridized carbons (Fsp3) is 0.250. The van der Waals surface area contributed by atoms with Crippen molar-refractivity contribution in [1.82, 2.24) is 0 Å². The first-order chi connectivity index (χ1) is 8.68. The summed E-state index contributed by atoms with van der Waals surface area (Å²) in [7, 11) is 1.39. The minimum atomic E-state index is -4.59. The molecule has 0 unspecified atom stereocenters. The highest BCUT2D eigenvalue weighted by Gasteiger charge is 2.31. The summed E-state index contributed by atoms with van der Waals surface area (Å²) >= 11 is 0. The van der Waals surface area contributed by atoms with Crippen molar-refractivity contribution in [3.63, 3.8) is 0 Å². The smallest absolute Gasteiger partial charge is 0.387 e. The van der Waals surface area contributed by atoms with Gasteiger partial charge in [-0.2, -0.15) is 8.78 Å². The van der Waals surface area contributed by atoms with Gasteiger partial charge < -0.3 is 9.47 Å². The van der Waals surface area contributed by atoms with Crippen LogP contribution in [0.2, 0.25) is 0 Å². The zero-order chi connectivity index (χ0) is 14.8. The van der Waals surface area contributed by atoms with Crippen LogP contribution >= 0.6 is 10.7 Å². The first kappa shape index (κ1) is 15.4. The van der Waals surface area contributed by atoms with Gasteiger partial charge in [0.15, 0.2) is 4.90 Å². The van der Waals surface area contributed by atoms with E-state index >= 15 is 0 Å². The minimum absolute atomic E-state index is 0.697. The molecule has 106 valence electrons. The molecule has 0 heterocycles. The fourth-order valence-electron chi connectivity index (χ4n) is 1.29. The first-order valence-corrected chi connectivity index (χ1v) is 6.74. The van der Waals surface area contributed by atoms with E-state index in [2.05, 4.69) is 9.47 Å². The normalized spacial score (nSPS) is 11.4. The second-order valence-corrected chi connectivity index (χ2v) is 5.52. The SMILES string of the molecule is COc1c([N+](=O)[O-])ccc(OC(F)F)c1S(=O)(=O)Cl. The van der Waals surface area contributed by atoms with Gasteiger partial charge in [0.1, 0.15) is 5.75 Å². The number of hydrogen-bond donors (Lipinski definition) is 0. The molecule has 19 heavy (non-hydrogen) atoms. The van der Waals surface area contributed by atoms with Gasteiger partial charge >= 0.3 is 12.3 Å². The monoisotopic (exact) mass is 317 g/mol. The average Bonchev–Trinajstić information content (AvgIpc) is 2.25. The molecule has 0 N–H and O–H groups in total. The van der Waals surface area contributed by atoms with Gasteiger partial charge in [-0.1, -0.05) is 0 Å². The lowest BCUT2D eigenvalue weighted by atomic mass is 10.3. The maximum atomic E-state index is 12.1. The predicted molar refractivity (Wildman–Crippen MR) is 59.3 cm³/mol. The third-order valence-electron chi connectivity index (χ3n) is 1.92. The van der Waals surface area contributed by atoms with Crippen molar-refractivity contribution in [2.24, 2.45) is 0 Å².